The van der Waals surface area contributed by atoms with Crippen LogP contribution in [0.1, 0.15) is 51.9 Å². The quantitative estimate of drug-likeness (QED) is 0.534. The van der Waals surface area contributed by atoms with Gasteiger partial charge in [-0.1, -0.05) is 45.4 Å². The highest BCUT2D eigenvalue weighted by Crippen LogP contribution is 2.08. The van der Waals surface area contributed by atoms with Crippen LogP contribution in [0.3, 0.4) is 0 Å². The maximum absolute atomic E-state index is 12.2. The van der Waals surface area contributed by atoms with E-state index in [4.69, 9.17) is 15.2 Å². The minimum absolute atomic E-state index is 0.0909. The van der Waals surface area contributed by atoms with Crippen LogP contribution in [0.5, 0.6) is 5.75 Å². The summed E-state index contributed by atoms with van der Waals surface area (Å²) in [7, 11) is 0. The molecule has 0 atom stereocenters. The number of hydrogen-bond acceptors (Lipinski definition) is 4. The van der Waals surface area contributed by atoms with Crippen LogP contribution in [0, 0.1) is 0 Å². The molecule has 1 aromatic heterocycles. The fourth-order valence-corrected chi connectivity index (χ4v) is 2.39. The molecule has 0 saturated heterocycles. The van der Waals surface area contributed by atoms with E-state index >= 15 is 0 Å². The first-order valence-corrected chi connectivity index (χ1v) is 8.89. The summed E-state index contributed by atoms with van der Waals surface area (Å²) in [6, 6.07) is 3.57. The average molecular weight is 324 g/mol. The van der Waals surface area contributed by atoms with E-state index in [2.05, 4.69) is 6.92 Å². The third kappa shape index (κ3) is 8.77. The Morgan fingerprint density at radius 3 is 2.52 bits per heavy atom. The van der Waals surface area contributed by atoms with Gasteiger partial charge in [0.05, 0.1) is 19.8 Å². The topological polar surface area (TPSA) is 66.5 Å². The number of pyridine rings is 1. The summed E-state index contributed by atoms with van der Waals surface area (Å²) < 4.78 is 12.6. The van der Waals surface area contributed by atoms with Gasteiger partial charge in [-0.2, -0.15) is 0 Å². The smallest absolute Gasteiger partial charge is 0.292 e. The zero-order valence-corrected chi connectivity index (χ0v) is 14.5. The van der Waals surface area contributed by atoms with Crippen molar-refractivity contribution in [2.75, 3.05) is 26.4 Å². The molecule has 0 saturated carbocycles. The molecule has 23 heavy (non-hydrogen) atoms. The number of nitrogens with zero attached hydrogens (tertiary/aromatic N) is 1. The van der Waals surface area contributed by atoms with Gasteiger partial charge >= 0.3 is 0 Å². The van der Waals surface area contributed by atoms with Crippen molar-refractivity contribution in [3.63, 3.8) is 0 Å². The summed E-state index contributed by atoms with van der Waals surface area (Å²) in [5.74, 6) is 0.428. The molecule has 0 aromatic carbocycles. The van der Waals surface area contributed by atoms with E-state index in [1.165, 1.54) is 32.1 Å². The highest BCUT2D eigenvalue weighted by molar-refractivity contribution is 5.17. The Morgan fingerprint density at radius 1 is 1.04 bits per heavy atom. The van der Waals surface area contributed by atoms with Crippen LogP contribution in [0.25, 0.3) is 0 Å². The Bertz CT molecular complexity index is 460. The van der Waals surface area contributed by atoms with Crippen molar-refractivity contribution in [3.05, 3.63) is 28.7 Å². The van der Waals surface area contributed by atoms with Gasteiger partial charge in [0.1, 0.15) is 0 Å². The fraction of sp³-hybridized carbons (Fsp3) is 0.722. The molecule has 1 heterocycles. The lowest BCUT2D eigenvalue weighted by atomic mass is 10.1. The van der Waals surface area contributed by atoms with E-state index in [1.807, 2.05) is 6.07 Å². The average Bonchev–Trinajstić information content (AvgIpc) is 2.56. The van der Waals surface area contributed by atoms with Crippen molar-refractivity contribution >= 4 is 0 Å². The molecule has 0 spiro atoms. The first-order valence-electron chi connectivity index (χ1n) is 8.89. The van der Waals surface area contributed by atoms with Crippen LogP contribution in [-0.4, -0.2) is 30.9 Å². The maximum atomic E-state index is 12.2. The van der Waals surface area contributed by atoms with Crippen molar-refractivity contribution in [1.29, 1.82) is 0 Å². The van der Waals surface area contributed by atoms with Gasteiger partial charge in [-0.05, 0) is 18.6 Å². The lowest BCUT2D eigenvalue weighted by molar-refractivity contribution is 0.132. The molecule has 1 aromatic rings. The second-order valence-electron chi connectivity index (χ2n) is 5.74. The standard InChI is InChI=1S/C18H32N2O3/c1-2-3-4-5-6-7-8-14-23-17-10-9-12-20(18(17)21)13-16-22-15-11-19/h9-10,12H,2-8,11,13-16,19H2,1H3. The predicted octanol–water partition coefficient (Wildman–Crippen LogP) is 2.95. The first-order chi connectivity index (χ1) is 11.3. The molecule has 5 heteroatoms. The van der Waals surface area contributed by atoms with E-state index in [9.17, 15) is 4.79 Å². The van der Waals surface area contributed by atoms with E-state index in [0.29, 0.717) is 38.7 Å². The molecule has 0 aliphatic carbocycles. The van der Waals surface area contributed by atoms with Crippen molar-refractivity contribution in [2.45, 2.75) is 58.4 Å². The molecular formula is C18H32N2O3. The zero-order valence-electron chi connectivity index (χ0n) is 14.5. The number of unbranched alkanes of at least 4 members (excludes halogenated alkanes) is 6. The molecule has 0 radical (unpaired) electrons. The summed E-state index contributed by atoms with van der Waals surface area (Å²) in [6.07, 6.45) is 10.4. The van der Waals surface area contributed by atoms with Crippen LogP contribution >= 0.6 is 0 Å². The van der Waals surface area contributed by atoms with E-state index < -0.39 is 0 Å². The van der Waals surface area contributed by atoms with Crippen LogP contribution in [0.15, 0.2) is 23.1 Å². The molecule has 0 aliphatic rings. The fourth-order valence-electron chi connectivity index (χ4n) is 2.39. The van der Waals surface area contributed by atoms with Gasteiger partial charge in [0, 0.05) is 19.3 Å². The van der Waals surface area contributed by atoms with Gasteiger partial charge in [-0.25, -0.2) is 0 Å². The second kappa shape index (κ2) is 13.1. The molecule has 132 valence electrons. The van der Waals surface area contributed by atoms with Crippen molar-refractivity contribution in [2.24, 2.45) is 5.73 Å². The van der Waals surface area contributed by atoms with Crippen molar-refractivity contribution in [1.82, 2.24) is 4.57 Å². The zero-order chi connectivity index (χ0) is 16.8. The molecular weight excluding hydrogens is 292 g/mol. The van der Waals surface area contributed by atoms with Crippen LogP contribution in [-0.2, 0) is 11.3 Å². The minimum atomic E-state index is -0.0909. The number of nitrogens with two attached hydrogens (primary N) is 1. The highest BCUT2D eigenvalue weighted by atomic mass is 16.5. The normalized spacial score (nSPS) is 10.9. The molecule has 1 rings (SSSR count). The molecule has 0 fully saturated rings. The first kappa shape index (κ1) is 19.7. The highest BCUT2D eigenvalue weighted by Gasteiger charge is 2.04. The summed E-state index contributed by atoms with van der Waals surface area (Å²) in [6.45, 7) is 4.85. The van der Waals surface area contributed by atoms with Gasteiger partial charge in [0.15, 0.2) is 5.75 Å². The van der Waals surface area contributed by atoms with E-state index in [-0.39, 0.29) is 5.56 Å². The Morgan fingerprint density at radius 2 is 1.78 bits per heavy atom. The van der Waals surface area contributed by atoms with Crippen LogP contribution in [0.2, 0.25) is 0 Å². The van der Waals surface area contributed by atoms with Crippen LogP contribution < -0.4 is 16.0 Å². The second-order valence-corrected chi connectivity index (χ2v) is 5.74. The van der Waals surface area contributed by atoms with Crippen molar-refractivity contribution in [3.8, 4) is 5.75 Å². The number of hydrogen-bond donors (Lipinski definition) is 1. The largest absolute Gasteiger partial charge is 0.488 e. The monoisotopic (exact) mass is 324 g/mol. The Balaban J connectivity index is 2.24. The maximum Gasteiger partial charge on any atom is 0.292 e. The SMILES string of the molecule is CCCCCCCCCOc1cccn(CCOCCN)c1=O. The number of rotatable bonds is 14. The summed E-state index contributed by atoms with van der Waals surface area (Å²) in [5.41, 5.74) is 5.27. The molecule has 5 nitrogen and oxygen atoms in total. The third-order valence-corrected chi connectivity index (χ3v) is 3.73. The summed E-state index contributed by atoms with van der Waals surface area (Å²) >= 11 is 0. The summed E-state index contributed by atoms with van der Waals surface area (Å²) in [4.78, 5) is 12.2. The van der Waals surface area contributed by atoms with Gasteiger partial charge in [0.25, 0.3) is 5.56 Å². The summed E-state index contributed by atoms with van der Waals surface area (Å²) in [5, 5.41) is 0. The molecule has 2 N–H and O–H groups in total. The molecule has 0 amide bonds. The number of ether oxygens (including phenoxy) is 2. The molecule has 0 unspecified atom stereocenters. The lowest BCUT2D eigenvalue weighted by Crippen LogP contribution is -2.24. The molecule has 0 bridgehead atoms. The van der Waals surface area contributed by atoms with Crippen LogP contribution in [0.4, 0.5) is 0 Å². The Kier molecular flexibility index (Phi) is 11.3. The van der Waals surface area contributed by atoms with E-state index in [0.717, 1.165) is 12.8 Å². The van der Waals surface area contributed by atoms with E-state index in [1.54, 1.807) is 16.8 Å². The minimum Gasteiger partial charge on any atom is -0.488 e. The van der Waals surface area contributed by atoms with Gasteiger partial charge in [-0.15, -0.1) is 0 Å². The lowest BCUT2D eigenvalue weighted by Gasteiger charge is -2.10. The van der Waals surface area contributed by atoms with Crippen molar-refractivity contribution < 1.29 is 9.47 Å². The third-order valence-electron chi connectivity index (χ3n) is 3.73. The predicted molar refractivity (Wildman–Crippen MR) is 94.1 cm³/mol. The number of aromatic nitrogens is 1. The Hall–Kier alpha value is -1.33. The molecule has 0 aliphatic heterocycles. The van der Waals surface area contributed by atoms with Gasteiger partial charge in [0.2, 0.25) is 0 Å². The van der Waals surface area contributed by atoms with Gasteiger partial charge < -0.3 is 19.8 Å². The van der Waals surface area contributed by atoms with Gasteiger partial charge in [-0.3, -0.25) is 4.79 Å². The Labute approximate surface area is 139 Å².